The van der Waals surface area contributed by atoms with Crippen molar-refractivity contribution in [3.63, 3.8) is 0 Å². The summed E-state index contributed by atoms with van der Waals surface area (Å²) >= 11 is 0. The SMILES string of the molecule is COc1ccc(C(=O)c2ccccc2-n2cccn2)cc1. The number of carbonyl (C=O) groups excluding carboxylic acids is 1. The first kappa shape index (κ1) is 13.1. The Kier molecular flexibility index (Phi) is 3.51. The first-order valence-corrected chi connectivity index (χ1v) is 6.57. The number of ether oxygens (including phenoxy) is 1. The summed E-state index contributed by atoms with van der Waals surface area (Å²) < 4.78 is 6.80. The number of aromatic nitrogens is 2. The molecular weight excluding hydrogens is 264 g/mol. The van der Waals surface area contributed by atoms with Gasteiger partial charge in [-0.1, -0.05) is 12.1 Å². The predicted octanol–water partition coefficient (Wildman–Crippen LogP) is 3.11. The third-order valence-electron chi connectivity index (χ3n) is 3.25. The first-order valence-electron chi connectivity index (χ1n) is 6.57. The van der Waals surface area contributed by atoms with Crippen molar-refractivity contribution >= 4 is 5.78 Å². The quantitative estimate of drug-likeness (QED) is 0.689. The number of rotatable bonds is 4. The first-order chi connectivity index (χ1) is 10.3. The maximum absolute atomic E-state index is 12.7. The third-order valence-corrected chi connectivity index (χ3v) is 3.25. The molecule has 21 heavy (non-hydrogen) atoms. The predicted molar refractivity (Wildman–Crippen MR) is 80.0 cm³/mol. The summed E-state index contributed by atoms with van der Waals surface area (Å²) in [5.74, 6) is 0.690. The highest BCUT2D eigenvalue weighted by Gasteiger charge is 2.14. The monoisotopic (exact) mass is 278 g/mol. The molecule has 3 rings (SSSR count). The number of methoxy groups -OCH3 is 1. The van der Waals surface area contributed by atoms with Crippen LogP contribution in [0.25, 0.3) is 5.69 Å². The van der Waals surface area contributed by atoms with Crippen molar-refractivity contribution in [2.24, 2.45) is 0 Å². The lowest BCUT2D eigenvalue weighted by Crippen LogP contribution is -2.07. The second-order valence-electron chi connectivity index (χ2n) is 4.53. The highest BCUT2D eigenvalue weighted by atomic mass is 16.5. The van der Waals surface area contributed by atoms with E-state index in [1.807, 2.05) is 36.5 Å². The van der Waals surface area contributed by atoms with Crippen LogP contribution in [0.1, 0.15) is 15.9 Å². The van der Waals surface area contributed by atoms with Crippen molar-refractivity contribution in [2.45, 2.75) is 0 Å². The summed E-state index contributed by atoms with van der Waals surface area (Å²) in [4.78, 5) is 12.7. The van der Waals surface area contributed by atoms with Crippen molar-refractivity contribution in [1.29, 1.82) is 0 Å². The molecule has 0 unspecified atom stereocenters. The Bertz CT molecular complexity index is 747. The van der Waals surface area contributed by atoms with E-state index in [0.717, 1.165) is 11.4 Å². The fourth-order valence-electron chi connectivity index (χ4n) is 2.17. The molecule has 1 heterocycles. The molecule has 0 aliphatic heterocycles. The standard InChI is InChI=1S/C17H14N2O2/c1-21-14-9-7-13(8-10-14)17(20)15-5-2-3-6-16(15)19-12-4-11-18-19/h2-12H,1H3. The molecular formula is C17H14N2O2. The summed E-state index contributed by atoms with van der Waals surface area (Å²) in [6, 6.07) is 16.4. The van der Waals surface area contributed by atoms with Crippen molar-refractivity contribution < 1.29 is 9.53 Å². The van der Waals surface area contributed by atoms with Gasteiger partial charge in [-0.2, -0.15) is 5.10 Å². The Morgan fingerprint density at radius 3 is 2.48 bits per heavy atom. The highest BCUT2D eigenvalue weighted by Crippen LogP contribution is 2.19. The molecule has 1 aromatic heterocycles. The molecule has 0 bridgehead atoms. The molecule has 2 aromatic carbocycles. The van der Waals surface area contributed by atoms with Gasteiger partial charge in [0.2, 0.25) is 0 Å². The van der Waals surface area contributed by atoms with Gasteiger partial charge in [0.05, 0.1) is 12.8 Å². The highest BCUT2D eigenvalue weighted by molar-refractivity contribution is 6.11. The number of nitrogens with zero attached hydrogens (tertiary/aromatic N) is 2. The van der Waals surface area contributed by atoms with Crippen molar-refractivity contribution in [2.75, 3.05) is 7.11 Å². The Morgan fingerprint density at radius 1 is 1.05 bits per heavy atom. The molecule has 4 nitrogen and oxygen atoms in total. The van der Waals surface area contributed by atoms with Crippen LogP contribution in [-0.2, 0) is 0 Å². The van der Waals surface area contributed by atoms with Gasteiger partial charge >= 0.3 is 0 Å². The zero-order chi connectivity index (χ0) is 14.7. The van der Waals surface area contributed by atoms with E-state index in [4.69, 9.17) is 4.74 Å². The summed E-state index contributed by atoms with van der Waals surface area (Å²) in [6.45, 7) is 0. The zero-order valence-corrected chi connectivity index (χ0v) is 11.6. The molecule has 3 aromatic rings. The average Bonchev–Trinajstić information content (AvgIpc) is 3.08. The number of hydrogen-bond acceptors (Lipinski definition) is 3. The smallest absolute Gasteiger partial charge is 0.195 e. The number of para-hydroxylation sites is 1. The molecule has 0 aliphatic rings. The van der Waals surface area contributed by atoms with Gasteiger partial charge in [0.15, 0.2) is 5.78 Å². The Hall–Kier alpha value is -2.88. The molecule has 0 N–H and O–H groups in total. The normalized spacial score (nSPS) is 10.3. The van der Waals surface area contributed by atoms with Crippen LogP contribution in [0.5, 0.6) is 5.75 Å². The molecule has 0 saturated carbocycles. The topological polar surface area (TPSA) is 44.1 Å². The molecule has 104 valence electrons. The van der Waals surface area contributed by atoms with Gasteiger partial charge < -0.3 is 4.74 Å². The average molecular weight is 278 g/mol. The Morgan fingerprint density at radius 2 is 1.81 bits per heavy atom. The minimum absolute atomic E-state index is 0.0382. The van der Waals surface area contributed by atoms with E-state index in [1.165, 1.54) is 0 Å². The van der Waals surface area contributed by atoms with Crippen LogP contribution in [-0.4, -0.2) is 22.7 Å². The number of carbonyl (C=O) groups is 1. The van der Waals surface area contributed by atoms with Gasteiger partial charge in [0, 0.05) is 23.5 Å². The van der Waals surface area contributed by atoms with Crippen molar-refractivity contribution in [3.8, 4) is 11.4 Å². The van der Waals surface area contributed by atoms with E-state index in [9.17, 15) is 4.79 Å². The molecule has 0 spiro atoms. The number of ketones is 1. The Balaban J connectivity index is 2.02. The summed E-state index contributed by atoms with van der Waals surface area (Å²) in [7, 11) is 1.60. The van der Waals surface area contributed by atoms with Gasteiger partial charge in [-0.15, -0.1) is 0 Å². The van der Waals surface area contributed by atoms with Crippen LogP contribution < -0.4 is 4.74 Å². The summed E-state index contributed by atoms with van der Waals surface area (Å²) in [6.07, 6.45) is 3.51. The van der Waals surface area contributed by atoms with E-state index in [2.05, 4.69) is 5.10 Å². The van der Waals surface area contributed by atoms with Gasteiger partial charge in [-0.05, 0) is 42.5 Å². The van der Waals surface area contributed by atoms with Crippen LogP contribution in [0.3, 0.4) is 0 Å². The molecule has 0 atom stereocenters. The van der Waals surface area contributed by atoms with Crippen LogP contribution in [0.4, 0.5) is 0 Å². The van der Waals surface area contributed by atoms with Crippen molar-refractivity contribution in [3.05, 3.63) is 78.1 Å². The van der Waals surface area contributed by atoms with Crippen LogP contribution in [0.2, 0.25) is 0 Å². The van der Waals surface area contributed by atoms with E-state index >= 15 is 0 Å². The molecule has 0 amide bonds. The van der Waals surface area contributed by atoms with Gasteiger partial charge in [-0.25, -0.2) is 4.68 Å². The molecule has 0 aliphatic carbocycles. The van der Waals surface area contributed by atoms with Gasteiger partial charge in [0.1, 0.15) is 5.75 Å². The second kappa shape index (κ2) is 5.63. The molecule has 0 radical (unpaired) electrons. The molecule has 0 fully saturated rings. The van der Waals surface area contributed by atoms with Crippen LogP contribution in [0.15, 0.2) is 67.0 Å². The number of benzene rings is 2. The lowest BCUT2D eigenvalue weighted by molar-refractivity contribution is 0.103. The Labute approximate surface area is 122 Å². The largest absolute Gasteiger partial charge is 0.497 e. The van der Waals surface area contributed by atoms with Crippen molar-refractivity contribution in [1.82, 2.24) is 9.78 Å². The minimum Gasteiger partial charge on any atom is -0.497 e. The van der Waals surface area contributed by atoms with E-state index in [1.54, 1.807) is 42.3 Å². The lowest BCUT2D eigenvalue weighted by Gasteiger charge is -2.09. The van der Waals surface area contributed by atoms with E-state index < -0.39 is 0 Å². The fraction of sp³-hybridized carbons (Fsp3) is 0.0588. The van der Waals surface area contributed by atoms with Crippen LogP contribution >= 0.6 is 0 Å². The second-order valence-corrected chi connectivity index (χ2v) is 4.53. The third kappa shape index (κ3) is 2.56. The van der Waals surface area contributed by atoms with Crippen LogP contribution in [0, 0.1) is 0 Å². The van der Waals surface area contributed by atoms with Gasteiger partial charge in [-0.3, -0.25) is 4.79 Å². The molecule has 4 heteroatoms. The molecule has 0 saturated heterocycles. The summed E-state index contributed by atoms with van der Waals surface area (Å²) in [5.41, 5.74) is 2.00. The summed E-state index contributed by atoms with van der Waals surface area (Å²) in [5, 5.41) is 4.20. The van der Waals surface area contributed by atoms with E-state index in [0.29, 0.717) is 11.1 Å². The maximum atomic E-state index is 12.7. The lowest BCUT2D eigenvalue weighted by atomic mass is 10.0. The fourth-order valence-corrected chi connectivity index (χ4v) is 2.17. The minimum atomic E-state index is -0.0382. The number of hydrogen-bond donors (Lipinski definition) is 0. The zero-order valence-electron chi connectivity index (χ0n) is 11.6. The maximum Gasteiger partial charge on any atom is 0.195 e. The van der Waals surface area contributed by atoms with E-state index in [-0.39, 0.29) is 5.78 Å². The van der Waals surface area contributed by atoms with Gasteiger partial charge in [0.25, 0.3) is 0 Å².